The average Bonchev–Trinajstić information content (AvgIpc) is 2.41. The van der Waals surface area contributed by atoms with Crippen molar-refractivity contribution in [1.29, 1.82) is 0 Å². The van der Waals surface area contributed by atoms with E-state index in [0.29, 0.717) is 16.3 Å². The second-order valence-electron chi connectivity index (χ2n) is 4.16. The Morgan fingerprint density at radius 1 is 0.947 bits per heavy atom. The maximum absolute atomic E-state index is 11.9. The molecule has 0 aliphatic rings. The maximum atomic E-state index is 11.9. The van der Waals surface area contributed by atoms with E-state index in [2.05, 4.69) is 5.32 Å². The highest BCUT2D eigenvalue weighted by Gasteiger charge is 2.15. The average molecular weight is 274 g/mol. The number of hydrogen-bond donors (Lipinski definition) is 1. The molecule has 0 atom stereocenters. The van der Waals surface area contributed by atoms with Crippen LogP contribution in [0.3, 0.4) is 0 Å². The summed E-state index contributed by atoms with van der Waals surface area (Å²) in [6.07, 6.45) is 0. The van der Waals surface area contributed by atoms with Gasteiger partial charge in [-0.3, -0.25) is 9.59 Å². The van der Waals surface area contributed by atoms with Crippen molar-refractivity contribution in [1.82, 2.24) is 0 Å². The van der Waals surface area contributed by atoms with Gasteiger partial charge in [-0.2, -0.15) is 0 Å². The van der Waals surface area contributed by atoms with E-state index in [1.54, 1.807) is 24.3 Å². The van der Waals surface area contributed by atoms with E-state index in [0.717, 1.165) is 5.56 Å². The van der Waals surface area contributed by atoms with Crippen molar-refractivity contribution < 1.29 is 9.59 Å². The minimum Gasteiger partial charge on any atom is -0.319 e. The van der Waals surface area contributed by atoms with Crippen LogP contribution in [0.5, 0.6) is 0 Å². The van der Waals surface area contributed by atoms with Gasteiger partial charge in [0.15, 0.2) is 0 Å². The summed E-state index contributed by atoms with van der Waals surface area (Å²) in [5, 5.41) is 3.08. The summed E-state index contributed by atoms with van der Waals surface area (Å²) in [4.78, 5) is 23.7. The number of anilines is 1. The summed E-state index contributed by atoms with van der Waals surface area (Å²) in [5.41, 5.74) is 1.99. The third-order valence-corrected chi connectivity index (χ3v) is 2.87. The van der Waals surface area contributed by atoms with Crippen molar-refractivity contribution in [2.45, 2.75) is 6.92 Å². The van der Waals surface area contributed by atoms with E-state index in [9.17, 15) is 9.59 Å². The molecule has 0 aliphatic carbocycles. The largest absolute Gasteiger partial charge is 0.319 e. The van der Waals surface area contributed by atoms with Crippen LogP contribution in [-0.4, -0.2) is 11.7 Å². The Morgan fingerprint density at radius 3 is 2.11 bits per heavy atom. The lowest BCUT2D eigenvalue weighted by Gasteiger charge is -2.05. The first-order chi connectivity index (χ1) is 9.06. The van der Waals surface area contributed by atoms with Gasteiger partial charge < -0.3 is 5.32 Å². The lowest BCUT2D eigenvalue weighted by molar-refractivity contribution is -0.112. The van der Waals surface area contributed by atoms with E-state index in [1.165, 1.54) is 12.1 Å². The summed E-state index contributed by atoms with van der Waals surface area (Å²) in [6.45, 7) is 1.95. The highest BCUT2D eigenvalue weighted by Crippen LogP contribution is 2.12. The number of benzene rings is 2. The molecule has 3 nitrogen and oxygen atoms in total. The first-order valence-electron chi connectivity index (χ1n) is 5.74. The number of rotatable bonds is 3. The van der Waals surface area contributed by atoms with E-state index < -0.39 is 11.7 Å². The predicted molar refractivity (Wildman–Crippen MR) is 75.6 cm³/mol. The van der Waals surface area contributed by atoms with Gasteiger partial charge in [0.05, 0.1) is 0 Å². The second-order valence-corrected chi connectivity index (χ2v) is 4.59. The lowest BCUT2D eigenvalue weighted by atomic mass is 10.1. The number of aryl methyl sites for hydroxylation is 1. The molecule has 1 N–H and O–H groups in total. The Morgan fingerprint density at radius 2 is 1.53 bits per heavy atom. The molecule has 19 heavy (non-hydrogen) atoms. The fourth-order valence-electron chi connectivity index (χ4n) is 1.56. The van der Waals surface area contributed by atoms with Gasteiger partial charge in [0.25, 0.3) is 11.7 Å². The molecule has 0 heterocycles. The first-order valence-corrected chi connectivity index (χ1v) is 6.12. The van der Waals surface area contributed by atoms with Gasteiger partial charge in [-0.05, 0) is 43.3 Å². The van der Waals surface area contributed by atoms with Crippen molar-refractivity contribution >= 4 is 29.0 Å². The summed E-state index contributed by atoms with van der Waals surface area (Å²) in [6, 6.07) is 13.4. The molecular formula is C15H12ClNO2. The molecular weight excluding hydrogens is 262 g/mol. The molecule has 0 aliphatic heterocycles. The zero-order chi connectivity index (χ0) is 13.8. The molecule has 1 amide bonds. The molecule has 0 fully saturated rings. The quantitative estimate of drug-likeness (QED) is 0.687. The monoisotopic (exact) mass is 273 g/mol. The first kappa shape index (κ1) is 13.3. The maximum Gasteiger partial charge on any atom is 0.296 e. The van der Waals surface area contributed by atoms with Gasteiger partial charge in [-0.1, -0.05) is 29.3 Å². The Kier molecular flexibility index (Phi) is 3.97. The summed E-state index contributed by atoms with van der Waals surface area (Å²) in [5.74, 6) is -1.25. The third kappa shape index (κ3) is 3.42. The fourth-order valence-corrected chi connectivity index (χ4v) is 1.68. The van der Waals surface area contributed by atoms with Gasteiger partial charge in [0.1, 0.15) is 0 Å². The molecule has 0 saturated heterocycles. The van der Waals surface area contributed by atoms with Crippen LogP contribution in [0.15, 0.2) is 48.5 Å². The highest BCUT2D eigenvalue weighted by atomic mass is 35.5. The molecule has 4 heteroatoms. The molecule has 0 aromatic heterocycles. The molecule has 2 aromatic carbocycles. The smallest absolute Gasteiger partial charge is 0.296 e. The third-order valence-electron chi connectivity index (χ3n) is 2.62. The molecule has 2 rings (SSSR count). The molecule has 0 spiro atoms. The summed E-state index contributed by atoms with van der Waals surface area (Å²) < 4.78 is 0. The zero-order valence-corrected chi connectivity index (χ0v) is 11.1. The number of Topliss-reactive ketones (excluding diaryl/α,β-unsaturated/α-hetero) is 1. The SMILES string of the molecule is Cc1ccc(NC(=O)C(=O)c2ccc(Cl)cc2)cc1. The Labute approximate surface area is 116 Å². The number of nitrogens with one attached hydrogen (secondary N) is 1. The van der Waals surface area contributed by atoms with E-state index >= 15 is 0 Å². The van der Waals surface area contributed by atoms with Crippen molar-refractivity contribution in [3.63, 3.8) is 0 Å². The Hall–Kier alpha value is -2.13. The number of halogens is 1. The number of carbonyl (C=O) groups is 2. The number of amides is 1. The Balaban J connectivity index is 2.09. The molecule has 96 valence electrons. The van der Waals surface area contributed by atoms with Crippen LogP contribution in [0.25, 0.3) is 0 Å². The van der Waals surface area contributed by atoms with Crippen LogP contribution < -0.4 is 5.32 Å². The van der Waals surface area contributed by atoms with Crippen molar-refractivity contribution in [3.05, 3.63) is 64.7 Å². The topological polar surface area (TPSA) is 46.2 Å². The van der Waals surface area contributed by atoms with Crippen LogP contribution in [0.1, 0.15) is 15.9 Å². The van der Waals surface area contributed by atoms with Crippen molar-refractivity contribution in [2.75, 3.05) is 5.32 Å². The molecule has 0 unspecified atom stereocenters. The molecule has 0 radical (unpaired) electrons. The highest BCUT2D eigenvalue weighted by molar-refractivity contribution is 6.46. The molecule has 0 saturated carbocycles. The zero-order valence-electron chi connectivity index (χ0n) is 10.3. The standard InChI is InChI=1S/C15H12ClNO2/c1-10-2-8-13(9-3-10)17-15(19)14(18)11-4-6-12(16)7-5-11/h2-9H,1H3,(H,17,19). The molecule has 0 bridgehead atoms. The normalized spacial score (nSPS) is 10.0. The molecule has 2 aromatic rings. The van der Waals surface area contributed by atoms with Gasteiger partial charge in [-0.15, -0.1) is 0 Å². The van der Waals surface area contributed by atoms with Gasteiger partial charge in [-0.25, -0.2) is 0 Å². The van der Waals surface area contributed by atoms with Gasteiger partial charge in [0, 0.05) is 16.3 Å². The second kappa shape index (κ2) is 5.67. The van der Waals surface area contributed by atoms with Crippen LogP contribution in [-0.2, 0) is 4.79 Å². The minimum absolute atomic E-state index is 0.314. The van der Waals surface area contributed by atoms with Crippen molar-refractivity contribution in [2.24, 2.45) is 0 Å². The predicted octanol–water partition coefficient (Wildman–Crippen LogP) is 3.47. The van der Waals surface area contributed by atoms with E-state index in [4.69, 9.17) is 11.6 Å². The summed E-state index contributed by atoms with van der Waals surface area (Å²) >= 11 is 5.73. The van der Waals surface area contributed by atoms with Gasteiger partial charge in [0.2, 0.25) is 0 Å². The Bertz CT molecular complexity index is 603. The fraction of sp³-hybridized carbons (Fsp3) is 0.0667. The number of hydrogen-bond acceptors (Lipinski definition) is 2. The summed E-state index contributed by atoms with van der Waals surface area (Å²) in [7, 11) is 0. The van der Waals surface area contributed by atoms with Crippen LogP contribution in [0.2, 0.25) is 5.02 Å². The van der Waals surface area contributed by atoms with Crippen LogP contribution >= 0.6 is 11.6 Å². The lowest BCUT2D eigenvalue weighted by Crippen LogP contribution is -2.22. The van der Waals surface area contributed by atoms with E-state index in [-0.39, 0.29) is 0 Å². The minimum atomic E-state index is -0.661. The van der Waals surface area contributed by atoms with E-state index in [1.807, 2.05) is 19.1 Å². The van der Waals surface area contributed by atoms with Crippen molar-refractivity contribution in [3.8, 4) is 0 Å². The number of carbonyl (C=O) groups excluding carboxylic acids is 2. The van der Waals surface area contributed by atoms with Crippen LogP contribution in [0, 0.1) is 6.92 Å². The van der Waals surface area contributed by atoms with Crippen LogP contribution in [0.4, 0.5) is 5.69 Å². The number of ketones is 1. The van der Waals surface area contributed by atoms with Gasteiger partial charge >= 0.3 is 0 Å².